The van der Waals surface area contributed by atoms with Crippen LogP contribution in [0, 0.1) is 31.8 Å². The number of aromatic nitrogens is 5. The Morgan fingerprint density at radius 2 is 1.31 bits per heavy atom. The Kier molecular flexibility index (Phi) is 16.6. The lowest BCUT2D eigenvalue weighted by atomic mass is 9.92. The van der Waals surface area contributed by atoms with Gasteiger partial charge < -0.3 is 24.3 Å². The van der Waals surface area contributed by atoms with Crippen LogP contribution in [0.3, 0.4) is 0 Å². The van der Waals surface area contributed by atoms with E-state index in [4.69, 9.17) is 48.7 Å². The molecule has 15 heteroatoms. The molecule has 4 heterocycles. The second-order valence-corrected chi connectivity index (χ2v) is 17.2. The first-order chi connectivity index (χ1) is 34.6. The molecule has 0 bridgehead atoms. The molecule has 1 N–H and O–H groups in total. The van der Waals surface area contributed by atoms with Gasteiger partial charge in [0.15, 0.2) is 5.78 Å². The maximum Gasteiger partial charge on any atom is 0.205 e. The van der Waals surface area contributed by atoms with E-state index in [1.54, 1.807) is 61.2 Å². The first-order valence-electron chi connectivity index (χ1n) is 22.5. The van der Waals surface area contributed by atoms with Crippen molar-refractivity contribution < 1.29 is 23.7 Å². The van der Waals surface area contributed by atoms with Gasteiger partial charge in [-0.2, -0.15) is 5.26 Å². The highest BCUT2D eigenvalue weighted by Crippen LogP contribution is 2.38. The van der Waals surface area contributed by atoms with Gasteiger partial charge in [0, 0.05) is 85.6 Å². The second-order valence-electron chi connectivity index (χ2n) is 16.4. The van der Waals surface area contributed by atoms with Crippen molar-refractivity contribution in [3.05, 3.63) is 223 Å². The van der Waals surface area contributed by atoms with E-state index in [-0.39, 0.29) is 43.7 Å². The molecule has 0 saturated carbocycles. The summed E-state index contributed by atoms with van der Waals surface area (Å²) in [5, 5.41) is 13.5. The number of halogens is 2. The first-order valence-corrected chi connectivity index (χ1v) is 23.3. The van der Waals surface area contributed by atoms with Crippen LogP contribution in [0.15, 0.2) is 141 Å². The Morgan fingerprint density at radius 3 is 1.97 bits per heavy atom. The van der Waals surface area contributed by atoms with Crippen molar-refractivity contribution in [2.24, 2.45) is 0 Å². The molecule has 4 aromatic heterocycles. The van der Waals surface area contributed by atoms with Crippen LogP contribution >= 0.6 is 23.2 Å². The van der Waals surface area contributed by atoms with Crippen molar-refractivity contribution in [1.29, 1.82) is 5.26 Å². The number of pyridine rings is 3. The number of rotatable bonds is 21. The molecule has 8 rings (SSSR count). The number of Topliss-reactive ketones (excluding diaryl/α,β-unsaturated/α-hetero) is 1. The molecule has 0 unspecified atom stereocenters. The molecule has 0 amide bonds. The normalized spacial score (nSPS) is 10.8. The quantitative estimate of drug-likeness (QED) is 0.0537. The lowest BCUT2D eigenvalue weighted by Gasteiger charge is -2.19. The Bertz CT molecular complexity index is 3250. The molecule has 0 aliphatic heterocycles. The zero-order valence-electron chi connectivity index (χ0n) is 38.9. The lowest BCUT2D eigenvalue weighted by molar-refractivity contribution is 0.0978. The largest absolute Gasteiger partial charge is 0.488 e. The maximum atomic E-state index is 13.7. The fourth-order valence-corrected chi connectivity index (χ4v) is 8.21. The van der Waals surface area contributed by atoms with E-state index >= 15 is 0 Å². The molecule has 13 nitrogen and oxygen atoms in total. The molecule has 4 aromatic carbocycles. The molecule has 354 valence electrons. The topological polar surface area (TPSA) is 159 Å². The van der Waals surface area contributed by atoms with Gasteiger partial charge in [-0.1, -0.05) is 65.7 Å². The number of hydrogen-bond donors (Lipinski definition) is 1. The molecule has 0 radical (unpaired) electrons. The Labute approximate surface area is 421 Å². The monoisotopic (exact) mass is 980 g/mol. The lowest BCUT2D eigenvalue weighted by Crippen LogP contribution is -2.14. The zero-order chi connectivity index (χ0) is 49.5. The van der Waals surface area contributed by atoms with E-state index in [0.29, 0.717) is 69.9 Å². The highest BCUT2D eigenvalue weighted by molar-refractivity contribution is 6.32. The van der Waals surface area contributed by atoms with Crippen molar-refractivity contribution in [2.75, 3.05) is 0 Å². The average molecular weight is 982 g/mol. The molecule has 0 atom stereocenters. The smallest absolute Gasteiger partial charge is 0.205 e. The fraction of sp³-hybridized carbons (Fsp3) is 0.179. The van der Waals surface area contributed by atoms with Crippen molar-refractivity contribution in [2.45, 2.75) is 66.2 Å². The summed E-state index contributed by atoms with van der Waals surface area (Å²) in [6.07, 6.45) is 11.7. The van der Waals surface area contributed by atoms with Crippen molar-refractivity contribution in [3.63, 3.8) is 0 Å². The van der Waals surface area contributed by atoms with Crippen molar-refractivity contribution >= 4 is 34.7 Å². The van der Waals surface area contributed by atoms with Crippen LogP contribution in [-0.2, 0) is 45.9 Å². The van der Waals surface area contributed by atoms with E-state index in [9.17, 15) is 10.1 Å². The third-order valence-corrected chi connectivity index (χ3v) is 12.2. The van der Waals surface area contributed by atoms with Gasteiger partial charge in [-0.05, 0) is 102 Å². The summed E-state index contributed by atoms with van der Waals surface area (Å²) in [6.45, 7) is 13.2. The number of nitrogens with one attached hydrogen (secondary N) is 1. The summed E-state index contributed by atoms with van der Waals surface area (Å²) < 4.78 is 25.4. The van der Waals surface area contributed by atoms with Gasteiger partial charge in [0.25, 0.3) is 0 Å². The molecule has 71 heavy (non-hydrogen) atoms. The molecule has 0 spiro atoms. The fourth-order valence-electron chi connectivity index (χ4n) is 7.75. The van der Waals surface area contributed by atoms with Gasteiger partial charge in [0.1, 0.15) is 61.8 Å². The van der Waals surface area contributed by atoms with Crippen LogP contribution in [0.4, 0.5) is 5.69 Å². The molecule has 0 fully saturated rings. The molecule has 8 aromatic rings. The van der Waals surface area contributed by atoms with E-state index in [0.717, 1.165) is 55.9 Å². The minimum absolute atomic E-state index is 0.0625. The van der Waals surface area contributed by atoms with E-state index < -0.39 is 0 Å². The van der Waals surface area contributed by atoms with Crippen LogP contribution in [0.1, 0.15) is 72.7 Å². The van der Waals surface area contributed by atoms with E-state index in [1.165, 1.54) is 18.7 Å². The minimum atomic E-state index is -0.180. The summed E-state index contributed by atoms with van der Waals surface area (Å²) in [6, 6.07) is 32.2. The number of ketones is 1. The Balaban J connectivity index is 0.985. The number of ether oxygens (including phenoxy) is 4. The number of aryl methyl sites for hydroxylation is 1. The van der Waals surface area contributed by atoms with Gasteiger partial charge >= 0.3 is 0 Å². The SMILES string of the molecule is [C-]#[N+]c1cncc(COc2cc(OCc3cccc(-c4cccc(COc5cc(OCc6cncc(C#N)c6)c(CNCc6ccccn6)cc5Cl)c4C)c3C)c(Cl)cc2C(=O)CCc2ccncn2)c1. The average Bonchev–Trinajstić information content (AvgIpc) is 3.40. The summed E-state index contributed by atoms with van der Waals surface area (Å²) in [7, 11) is 0. The van der Waals surface area contributed by atoms with Gasteiger partial charge in [-0.15, -0.1) is 0 Å². The molecule has 0 saturated heterocycles. The molecule has 0 aliphatic rings. The standard InChI is InChI=1S/C56H46Cl2N8O5/c1-36-41(33-70-55-22-53(68-31-39-18-38(24-59)25-62-26-39)43(20-50(55)57)28-64-29-45-10-4-5-16-65-45)8-6-11-47(36)48-12-7-9-42(37(48)2)34-71-56-23-54(69-32-40-19-46(60-3)30-63-27-40)49(21-51(56)58)52(67)14-13-44-15-17-61-35-66-44/h4-12,15-23,25-27,30,35,64H,13-14,28-29,31-34H2,1-2H3. The highest BCUT2D eigenvalue weighted by Gasteiger charge is 2.20. The molecule has 0 aliphatic carbocycles. The molecular formula is C56H46Cl2N8O5. The minimum Gasteiger partial charge on any atom is -0.488 e. The van der Waals surface area contributed by atoms with E-state index in [1.807, 2.05) is 48.5 Å². The predicted molar refractivity (Wildman–Crippen MR) is 270 cm³/mol. The van der Waals surface area contributed by atoms with Crippen molar-refractivity contribution in [1.82, 2.24) is 30.2 Å². The predicted octanol–water partition coefficient (Wildman–Crippen LogP) is 12.1. The van der Waals surface area contributed by atoms with Crippen molar-refractivity contribution in [3.8, 4) is 40.2 Å². The number of nitriles is 1. The third-order valence-electron chi connectivity index (χ3n) is 11.6. The first kappa shape index (κ1) is 49.2. The number of carbonyl (C=O) groups is 1. The van der Waals surface area contributed by atoms with Crippen LogP contribution in [0.5, 0.6) is 23.0 Å². The van der Waals surface area contributed by atoms with Crippen LogP contribution in [-0.4, -0.2) is 30.7 Å². The van der Waals surface area contributed by atoms with E-state index in [2.05, 4.69) is 67.1 Å². The van der Waals surface area contributed by atoms with Crippen LogP contribution < -0.4 is 24.3 Å². The van der Waals surface area contributed by atoms with Gasteiger partial charge in [-0.25, -0.2) is 14.8 Å². The van der Waals surface area contributed by atoms with Gasteiger partial charge in [0.05, 0.1) is 33.4 Å². The van der Waals surface area contributed by atoms with Crippen LogP contribution in [0.25, 0.3) is 16.0 Å². The summed E-state index contributed by atoms with van der Waals surface area (Å²) in [5.41, 5.74) is 11.0. The Morgan fingerprint density at radius 1 is 0.648 bits per heavy atom. The maximum absolute atomic E-state index is 13.7. The van der Waals surface area contributed by atoms with Gasteiger partial charge in [-0.3, -0.25) is 19.7 Å². The summed E-state index contributed by atoms with van der Waals surface area (Å²) in [4.78, 5) is 38.1. The number of hydrogen-bond acceptors (Lipinski definition) is 12. The summed E-state index contributed by atoms with van der Waals surface area (Å²) >= 11 is 13.7. The molecular weight excluding hydrogens is 936 g/mol. The third kappa shape index (κ3) is 12.9. The number of carbonyl (C=O) groups excluding carboxylic acids is 1. The summed E-state index contributed by atoms with van der Waals surface area (Å²) in [5.74, 6) is 1.48. The number of benzene rings is 4. The number of nitrogens with zero attached hydrogens (tertiary/aromatic N) is 7. The van der Waals surface area contributed by atoms with Gasteiger partial charge in [0.2, 0.25) is 5.69 Å². The highest BCUT2D eigenvalue weighted by atomic mass is 35.5. The zero-order valence-corrected chi connectivity index (χ0v) is 40.4. The Hall–Kier alpha value is -8.20. The van der Waals surface area contributed by atoms with Crippen LogP contribution in [0.2, 0.25) is 10.0 Å². The second kappa shape index (κ2) is 23.9.